The number of fused-ring (bicyclic) bond motifs is 3. The van der Waals surface area contributed by atoms with Crippen LogP contribution in [0.2, 0.25) is 0 Å². The van der Waals surface area contributed by atoms with Gasteiger partial charge in [-0.25, -0.2) is 9.38 Å². The van der Waals surface area contributed by atoms with Crippen LogP contribution in [0.15, 0.2) is 58.5 Å². The Labute approximate surface area is 202 Å². The van der Waals surface area contributed by atoms with Crippen molar-refractivity contribution in [2.24, 2.45) is 9.98 Å². The molecule has 176 valence electrons. The van der Waals surface area contributed by atoms with Gasteiger partial charge in [0.05, 0.1) is 5.69 Å². The first-order valence-corrected chi connectivity index (χ1v) is 12.8. The van der Waals surface area contributed by atoms with Gasteiger partial charge in [-0.15, -0.1) is 0 Å². The first kappa shape index (κ1) is 22.8. The molecule has 0 radical (unpaired) electrons. The summed E-state index contributed by atoms with van der Waals surface area (Å²) in [7, 11) is 0. The number of nitrogens with one attached hydrogen (secondary N) is 1. The van der Waals surface area contributed by atoms with Crippen LogP contribution in [0.3, 0.4) is 0 Å². The lowest BCUT2D eigenvalue weighted by Gasteiger charge is -2.31. The predicted molar refractivity (Wildman–Crippen MR) is 133 cm³/mol. The fourth-order valence-electron chi connectivity index (χ4n) is 4.72. The molecule has 0 spiro atoms. The Morgan fingerprint density at radius 2 is 1.82 bits per heavy atom. The second-order valence-electron chi connectivity index (χ2n) is 8.93. The van der Waals surface area contributed by atoms with E-state index in [0.29, 0.717) is 23.2 Å². The van der Waals surface area contributed by atoms with Crippen LogP contribution in [-0.2, 0) is 15.3 Å². The number of benzene rings is 2. The molecule has 34 heavy (non-hydrogen) atoms. The number of hydrogen-bond donors (Lipinski definition) is 1. The van der Waals surface area contributed by atoms with Gasteiger partial charge >= 0.3 is 0 Å². The Bertz CT molecular complexity index is 1140. The van der Waals surface area contributed by atoms with Crippen molar-refractivity contribution in [2.75, 3.05) is 0 Å². The lowest BCUT2D eigenvalue weighted by molar-refractivity contribution is -0.123. The zero-order valence-corrected chi connectivity index (χ0v) is 19.7. The highest BCUT2D eigenvalue weighted by atomic mass is 32.2. The average Bonchev–Trinajstić information content (AvgIpc) is 3.19. The van der Waals surface area contributed by atoms with Crippen molar-refractivity contribution in [1.29, 1.82) is 0 Å². The van der Waals surface area contributed by atoms with Gasteiger partial charge in [-0.1, -0.05) is 55.3 Å². The summed E-state index contributed by atoms with van der Waals surface area (Å²) in [5.74, 6) is 0.641. The molecular formula is C26H27FN4O2S. The number of aliphatic imine (C=N–C) groups is 2. The Hall–Kier alpha value is -3.00. The van der Waals surface area contributed by atoms with E-state index in [9.17, 15) is 14.0 Å². The van der Waals surface area contributed by atoms with Crippen LogP contribution in [0.1, 0.15) is 56.1 Å². The number of para-hydroxylation sites is 1. The van der Waals surface area contributed by atoms with Gasteiger partial charge in [-0.2, -0.15) is 4.99 Å². The molecular weight excluding hydrogens is 451 g/mol. The molecule has 1 unspecified atom stereocenters. The number of hydrogen-bond acceptors (Lipinski definition) is 5. The summed E-state index contributed by atoms with van der Waals surface area (Å²) in [5.41, 5.74) is 2.54. The van der Waals surface area contributed by atoms with E-state index < -0.39 is 6.04 Å². The third-order valence-electron chi connectivity index (χ3n) is 6.50. The zero-order valence-electron chi connectivity index (χ0n) is 18.9. The predicted octanol–water partition coefficient (Wildman–Crippen LogP) is 4.95. The van der Waals surface area contributed by atoms with Crippen molar-refractivity contribution >= 4 is 40.3 Å². The molecule has 0 bridgehead atoms. The number of halogens is 1. The van der Waals surface area contributed by atoms with Crippen LogP contribution in [-0.4, -0.2) is 39.8 Å². The van der Waals surface area contributed by atoms with Crippen molar-refractivity contribution in [3.05, 3.63) is 65.5 Å². The largest absolute Gasteiger partial charge is 0.353 e. The summed E-state index contributed by atoms with van der Waals surface area (Å²) < 4.78 is 13.3. The Kier molecular flexibility index (Phi) is 6.76. The van der Waals surface area contributed by atoms with Crippen molar-refractivity contribution < 1.29 is 14.0 Å². The third-order valence-corrected chi connectivity index (χ3v) is 7.53. The maximum atomic E-state index is 13.3. The second-order valence-corrected chi connectivity index (χ2v) is 9.87. The van der Waals surface area contributed by atoms with Crippen molar-refractivity contribution in [3.8, 4) is 0 Å². The zero-order chi connectivity index (χ0) is 23.5. The molecule has 0 saturated heterocycles. The van der Waals surface area contributed by atoms with Crippen LogP contribution in [0, 0.1) is 5.82 Å². The summed E-state index contributed by atoms with van der Waals surface area (Å²) in [6, 6.07) is 13.7. The van der Waals surface area contributed by atoms with Crippen LogP contribution in [0.5, 0.6) is 0 Å². The molecule has 6 nitrogen and oxygen atoms in total. The number of amidine groups is 2. The van der Waals surface area contributed by atoms with Gasteiger partial charge in [0, 0.05) is 23.8 Å². The van der Waals surface area contributed by atoms with Gasteiger partial charge in [-0.05, 0) is 49.1 Å². The molecule has 1 fully saturated rings. The molecule has 1 N–H and O–H groups in total. The molecule has 2 aliphatic heterocycles. The molecule has 1 saturated carbocycles. The van der Waals surface area contributed by atoms with Gasteiger partial charge in [0.2, 0.25) is 5.91 Å². The number of rotatable bonds is 6. The number of thioether (sulfide) groups is 1. The lowest BCUT2D eigenvalue weighted by atomic mass is 9.95. The Morgan fingerprint density at radius 3 is 2.62 bits per heavy atom. The SMILES string of the molecule is O=C(CCC1C(=O)N=C2c3ccccc3N=C(SCc3ccc(F)cc3)N21)NC1CCCCC1. The van der Waals surface area contributed by atoms with E-state index in [4.69, 9.17) is 4.99 Å². The summed E-state index contributed by atoms with van der Waals surface area (Å²) in [6.45, 7) is 0. The van der Waals surface area contributed by atoms with Gasteiger partial charge in [-0.3, -0.25) is 14.5 Å². The minimum Gasteiger partial charge on any atom is -0.353 e. The molecule has 8 heteroatoms. The van der Waals surface area contributed by atoms with Crippen LogP contribution in [0.25, 0.3) is 0 Å². The van der Waals surface area contributed by atoms with Crippen molar-refractivity contribution in [2.45, 2.75) is 62.8 Å². The molecule has 2 aromatic rings. The summed E-state index contributed by atoms with van der Waals surface area (Å²) in [4.78, 5) is 36.6. The van der Waals surface area contributed by atoms with Crippen LogP contribution < -0.4 is 5.32 Å². The van der Waals surface area contributed by atoms with Gasteiger partial charge < -0.3 is 5.32 Å². The molecule has 2 amide bonds. The van der Waals surface area contributed by atoms with Gasteiger partial charge in [0.1, 0.15) is 17.7 Å². The molecule has 2 heterocycles. The first-order valence-electron chi connectivity index (χ1n) is 11.8. The minimum atomic E-state index is -0.556. The number of nitrogens with zero attached hydrogens (tertiary/aromatic N) is 3. The quantitative estimate of drug-likeness (QED) is 0.638. The molecule has 0 aromatic heterocycles. The van der Waals surface area contributed by atoms with E-state index in [-0.39, 0.29) is 30.1 Å². The standard InChI is InChI=1S/C26H27FN4O2S/c27-18-12-10-17(11-13-18)16-34-26-29-21-9-5-4-8-20(21)24-30-25(33)22(31(24)26)14-15-23(32)28-19-6-2-1-3-7-19/h4-5,8-13,19,22H,1-3,6-7,14-16H2,(H,28,32). The fourth-order valence-corrected chi connectivity index (χ4v) is 5.72. The van der Waals surface area contributed by atoms with E-state index in [0.717, 1.165) is 42.5 Å². The molecule has 5 rings (SSSR count). The third kappa shape index (κ3) is 4.92. The highest BCUT2D eigenvalue weighted by molar-refractivity contribution is 8.13. The van der Waals surface area contributed by atoms with E-state index in [2.05, 4.69) is 10.3 Å². The number of carbonyl (C=O) groups is 2. The van der Waals surface area contributed by atoms with Gasteiger partial charge in [0.25, 0.3) is 5.91 Å². The van der Waals surface area contributed by atoms with Gasteiger partial charge in [0.15, 0.2) is 5.17 Å². The lowest BCUT2D eigenvalue weighted by Crippen LogP contribution is -2.44. The van der Waals surface area contributed by atoms with Crippen molar-refractivity contribution in [1.82, 2.24) is 10.2 Å². The summed E-state index contributed by atoms with van der Waals surface area (Å²) in [5, 5.41) is 3.81. The topological polar surface area (TPSA) is 74.1 Å². The number of amides is 2. The van der Waals surface area contributed by atoms with E-state index in [1.165, 1.54) is 30.3 Å². The summed E-state index contributed by atoms with van der Waals surface area (Å²) in [6.07, 6.45) is 6.24. The summed E-state index contributed by atoms with van der Waals surface area (Å²) >= 11 is 1.48. The fraction of sp³-hybridized carbons (Fsp3) is 0.385. The molecule has 1 atom stereocenters. The highest BCUT2D eigenvalue weighted by Gasteiger charge is 2.41. The van der Waals surface area contributed by atoms with Crippen molar-refractivity contribution in [3.63, 3.8) is 0 Å². The first-order chi connectivity index (χ1) is 16.6. The van der Waals surface area contributed by atoms with Crippen LogP contribution in [0.4, 0.5) is 10.1 Å². The maximum Gasteiger partial charge on any atom is 0.270 e. The minimum absolute atomic E-state index is 0.0111. The normalized spacial score (nSPS) is 19.9. The van der Waals surface area contributed by atoms with Crippen LogP contribution >= 0.6 is 11.8 Å². The number of carbonyl (C=O) groups excluding carboxylic acids is 2. The van der Waals surface area contributed by atoms with E-state index in [1.54, 1.807) is 12.1 Å². The van der Waals surface area contributed by atoms with E-state index >= 15 is 0 Å². The molecule has 1 aliphatic carbocycles. The second kappa shape index (κ2) is 10.1. The van der Waals surface area contributed by atoms with E-state index in [1.807, 2.05) is 29.2 Å². The Balaban J connectivity index is 1.32. The Morgan fingerprint density at radius 1 is 1.06 bits per heavy atom. The molecule has 2 aromatic carbocycles. The smallest absolute Gasteiger partial charge is 0.270 e. The molecule has 3 aliphatic rings. The maximum absolute atomic E-state index is 13.3. The highest BCUT2D eigenvalue weighted by Crippen LogP contribution is 2.36. The monoisotopic (exact) mass is 478 g/mol. The average molecular weight is 479 g/mol.